The molecule has 2 saturated heterocycles. The van der Waals surface area contributed by atoms with Crippen LogP contribution in [0.15, 0.2) is 24.3 Å². The van der Waals surface area contributed by atoms with Crippen molar-refractivity contribution in [1.82, 2.24) is 9.80 Å². The summed E-state index contributed by atoms with van der Waals surface area (Å²) in [5.74, 6) is -2.71. The molecule has 3 rings (SSSR count). The number of carbonyl (C=O) groups is 2. The first kappa shape index (κ1) is 27.0. The van der Waals surface area contributed by atoms with Crippen LogP contribution >= 0.6 is 0 Å². The molecule has 0 bridgehead atoms. The van der Waals surface area contributed by atoms with Crippen molar-refractivity contribution in [3.63, 3.8) is 0 Å². The van der Waals surface area contributed by atoms with Crippen LogP contribution in [0.1, 0.15) is 23.2 Å². The van der Waals surface area contributed by atoms with Crippen molar-refractivity contribution in [2.75, 3.05) is 60.2 Å². The van der Waals surface area contributed by atoms with Crippen LogP contribution in [0.3, 0.4) is 0 Å². The molecule has 1 unspecified atom stereocenters. The van der Waals surface area contributed by atoms with Crippen LogP contribution in [-0.2, 0) is 14.3 Å². The topological polar surface area (TPSA) is 79.3 Å². The molecule has 1 amide bonds. The average Bonchev–Trinajstić information content (AvgIpc) is 3.09. The summed E-state index contributed by atoms with van der Waals surface area (Å²) in [6.07, 6.45) is -3.16. The SMILES string of the molecule is COCCN1CC(COC)C2(CCN(C(=O)c3cccc(F)c3)CC2)C1.O=C(O)C(F)(F)F. The second kappa shape index (κ2) is 11.8. The first-order chi connectivity index (χ1) is 15.5. The number of nitrogens with zero attached hydrogens (tertiary/aromatic N) is 2. The van der Waals surface area contributed by atoms with Gasteiger partial charge in [-0.15, -0.1) is 0 Å². The second-order valence-corrected chi connectivity index (χ2v) is 8.35. The van der Waals surface area contributed by atoms with Gasteiger partial charge in [0.25, 0.3) is 5.91 Å². The molecule has 1 aromatic rings. The third-order valence-corrected chi connectivity index (χ3v) is 6.22. The summed E-state index contributed by atoms with van der Waals surface area (Å²) in [4.78, 5) is 25.9. The number of aliphatic carboxylic acids is 1. The highest BCUT2D eigenvalue weighted by Gasteiger charge is 2.48. The fraction of sp³-hybridized carbons (Fsp3) is 0.636. The number of likely N-dealkylation sites (tertiary alicyclic amines) is 2. The van der Waals surface area contributed by atoms with Crippen molar-refractivity contribution in [3.8, 4) is 0 Å². The van der Waals surface area contributed by atoms with Crippen LogP contribution in [0.4, 0.5) is 17.6 Å². The molecule has 2 heterocycles. The van der Waals surface area contributed by atoms with E-state index >= 15 is 0 Å². The molecular formula is C22H30F4N2O5. The van der Waals surface area contributed by atoms with E-state index in [4.69, 9.17) is 19.4 Å². The molecule has 1 aromatic carbocycles. The molecule has 0 radical (unpaired) electrons. The van der Waals surface area contributed by atoms with E-state index in [1.165, 1.54) is 12.1 Å². The highest BCUT2D eigenvalue weighted by Crippen LogP contribution is 2.45. The van der Waals surface area contributed by atoms with Crippen molar-refractivity contribution in [1.29, 1.82) is 0 Å². The lowest BCUT2D eigenvalue weighted by molar-refractivity contribution is -0.192. The van der Waals surface area contributed by atoms with E-state index in [2.05, 4.69) is 4.90 Å². The molecule has 2 aliphatic rings. The molecule has 186 valence electrons. The van der Waals surface area contributed by atoms with Gasteiger partial charge in [-0.1, -0.05) is 6.07 Å². The zero-order chi connectivity index (χ0) is 24.6. The fourth-order valence-corrected chi connectivity index (χ4v) is 4.49. The number of rotatable bonds is 6. The van der Waals surface area contributed by atoms with E-state index in [-0.39, 0.29) is 17.1 Å². The van der Waals surface area contributed by atoms with E-state index in [1.54, 1.807) is 26.4 Å². The Morgan fingerprint density at radius 3 is 2.33 bits per heavy atom. The molecule has 11 heteroatoms. The number of ether oxygens (including phenoxy) is 2. The Labute approximate surface area is 190 Å². The molecule has 0 saturated carbocycles. The van der Waals surface area contributed by atoms with E-state index in [9.17, 15) is 22.4 Å². The Hall–Kier alpha value is -2.24. The largest absolute Gasteiger partial charge is 0.490 e. The monoisotopic (exact) mass is 478 g/mol. The summed E-state index contributed by atoms with van der Waals surface area (Å²) in [5.41, 5.74) is 0.630. The average molecular weight is 478 g/mol. The number of benzene rings is 1. The van der Waals surface area contributed by atoms with Crippen molar-refractivity contribution in [2.45, 2.75) is 19.0 Å². The third kappa shape index (κ3) is 7.38. The van der Waals surface area contributed by atoms with Gasteiger partial charge < -0.3 is 24.4 Å². The maximum absolute atomic E-state index is 13.4. The van der Waals surface area contributed by atoms with Gasteiger partial charge in [0.15, 0.2) is 0 Å². The molecule has 1 spiro atoms. The normalized spacial score (nSPS) is 20.4. The highest BCUT2D eigenvalue weighted by atomic mass is 19.4. The summed E-state index contributed by atoms with van der Waals surface area (Å²) in [6.45, 7) is 5.91. The van der Waals surface area contributed by atoms with Crippen molar-refractivity contribution in [3.05, 3.63) is 35.6 Å². The summed E-state index contributed by atoms with van der Waals surface area (Å²) in [7, 11) is 3.49. The van der Waals surface area contributed by atoms with Gasteiger partial charge in [0.05, 0.1) is 13.2 Å². The Balaban J connectivity index is 0.000000479. The molecule has 0 aromatic heterocycles. The maximum Gasteiger partial charge on any atom is 0.490 e. The van der Waals surface area contributed by atoms with Gasteiger partial charge in [-0.05, 0) is 36.5 Å². The van der Waals surface area contributed by atoms with Gasteiger partial charge in [0.2, 0.25) is 0 Å². The van der Waals surface area contributed by atoms with E-state index in [1.807, 2.05) is 4.90 Å². The van der Waals surface area contributed by atoms with Gasteiger partial charge in [0.1, 0.15) is 5.82 Å². The first-order valence-corrected chi connectivity index (χ1v) is 10.6. The van der Waals surface area contributed by atoms with Crippen LogP contribution in [0.5, 0.6) is 0 Å². The Morgan fingerprint density at radius 2 is 1.82 bits per heavy atom. The molecule has 2 aliphatic heterocycles. The van der Waals surface area contributed by atoms with Crippen LogP contribution < -0.4 is 0 Å². The number of carboxylic acids is 1. The fourth-order valence-electron chi connectivity index (χ4n) is 4.49. The van der Waals surface area contributed by atoms with Gasteiger partial charge >= 0.3 is 12.1 Å². The highest BCUT2D eigenvalue weighted by molar-refractivity contribution is 5.94. The summed E-state index contributed by atoms with van der Waals surface area (Å²) >= 11 is 0. The van der Waals surface area contributed by atoms with E-state index in [0.29, 0.717) is 24.6 Å². The summed E-state index contributed by atoms with van der Waals surface area (Å²) < 4.78 is 55.9. The van der Waals surface area contributed by atoms with Crippen LogP contribution in [0, 0.1) is 17.2 Å². The number of halogens is 4. The number of carbonyl (C=O) groups excluding carboxylic acids is 1. The molecule has 2 fully saturated rings. The summed E-state index contributed by atoms with van der Waals surface area (Å²) in [6, 6.07) is 5.96. The van der Waals surface area contributed by atoms with Gasteiger partial charge in [0, 0.05) is 58.4 Å². The number of hydrogen-bond donors (Lipinski definition) is 1. The smallest absolute Gasteiger partial charge is 0.475 e. The van der Waals surface area contributed by atoms with E-state index < -0.39 is 12.1 Å². The van der Waals surface area contributed by atoms with Gasteiger partial charge in [-0.25, -0.2) is 9.18 Å². The predicted octanol–water partition coefficient (Wildman–Crippen LogP) is 2.91. The lowest BCUT2D eigenvalue weighted by Gasteiger charge is -2.42. The van der Waals surface area contributed by atoms with Crippen LogP contribution in [0.2, 0.25) is 0 Å². The third-order valence-electron chi connectivity index (χ3n) is 6.22. The zero-order valence-electron chi connectivity index (χ0n) is 18.7. The second-order valence-electron chi connectivity index (χ2n) is 8.35. The van der Waals surface area contributed by atoms with Crippen LogP contribution in [-0.4, -0.2) is 93.1 Å². The lowest BCUT2D eigenvalue weighted by atomic mass is 9.71. The minimum Gasteiger partial charge on any atom is -0.475 e. The number of carboxylic acid groups (broad SMARTS) is 1. The molecule has 0 aliphatic carbocycles. The molecule has 33 heavy (non-hydrogen) atoms. The first-order valence-electron chi connectivity index (χ1n) is 10.6. The minimum atomic E-state index is -5.08. The molecular weight excluding hydrogens is 448 g/mol. The van der Waals surface area contributed by atoms with Crippen molar-refractivity contribution in [2.24, 2.45) is 11.3 Å². The number of alkyl halides is 3. The zero-order valence-corrected chi connectivity index (χ0v) is 18.7. The molecule has 7 nitrogen and oxygen atoms in total. The number of hydrogen-bond acceptors (Lipinski definition) is 5. The minimum absolute atomic E-state index is 0.0723. The van der Waals surface area contributed by atoms with Crippen molar-refractivity contribution < 1.29 is 41.7 Å². The standard InChI is InChI=1S/C20H29FN2O3.C2HF3O2/c1-25-11-10-22-13-17(14-26-2)20(15-22)6-8-23(9-7-20)19(24)16-4-3-5-18(21)12-16;3-2(4,5)1(6)7/h3-5,12,17H,6-11,13-15H2,1-2H3;(H,6,7). The lowest BCUT2D eigenvalue weighted by Crippen LogP contribution is -2.47. The van der Waals surface area contributed by atoms with E-state index in [0.717, 1.165) is 45.7 Å². The predicted molar refractivity (Wildman–Crippen MR) is 111 cm³/mol. The number of methoxy groups -OCH3 is 2. The Morgan fingerprint density at radius 1 is 1.18 bits per heavy atom. The van der Waals surface area contributed by atoms with Crippen molar-refractivity contribution >= 4 is 11.9 Å². The quantitative estimate of drug-likeness (QED) is 0.634. The van der Waals surface area contributed by atoms with Gasteiger partial charge in [-0.3, -0.25) is 4.79 Å². The van der Waals surface area contributed by atoms with Gasteiger partial charge in [-0.2, -0.15) is 13.2 Å². The maximum atomic E-state index is 13.4. The van der Waals surface area contributed by atoms with Crippen LogP contribution in [0.25, 0.3) is 0 Å². The Kier molecular flexibility index (Phi) is 9.62. The number of piperidine rings is 1. The Bertz CT molecular complexity index is 797. The number of amides is 1. The molecule has 1 N–H and O–H groups in total. The molecule has 1 atom stereocenters. The summed E-state index contributed by atoms with van der Waals surface area (Å²) in [5, 5.41) is 7.12.